The second kappa shape index (κ2) is 9.22. The molecule has 1 fully saturated rings. The molecule has 1 saturated carbocycles. The SMILES string of the molecule is Cc1c(-c2ccccc2)oc2c(C(=O)NC(C)c3ccc(NC(=O)C4CC4)cc3)cccc2c1=O. The minimum absolute atomic E-state index is 0.0571. The Hall–Kier alpha value is -4.19. The summed E-state index contributed by atoms with van der Waals surface area (Å²) in [5, 5.41) is 6.29. The number of rotatable bonds is 6. The Morgan fingerprint density at radius 1 is 0.943 bits per heavy atom. The lowest BCUT2D eigenvalue weighted by Gasteiger charge is -2.16. The molecule has 3 aromatic carbocycles. The molecule has 6 heteroatoms. The number of para-hydroxylation sites is 1. The summed E-state index contributed by atoms with van der Waals surface area (Å²) in [7, 11) is 0. The summed E-state index contributed by atoms with van der Waals surface area (Å²) in [6, 6.07) is 21.6. The van der Waals surface area contributed by atoms with Gasteiger partial charge in [0, 0.05) is 22.7 Å². The number of benzene rings is 3. The zero-order valence-electron chi connectivity index (χ0n) is 19.6. The second-order valence-corrected chi connectivity index (χ2v) is 9.01. The van der Waals surface area contributed by atoms with Crippen molar-refractivity contribution < 1.29 is 14.0 Å². The Morgan fingerprint density at radius 3 is 2.34 bits per heavy atom. The van der Waals surface area contributed by atoms with Crippen LogP contribution in [0.1, 0.15) is 47.3 Å². The van der Waals surface area contributed by atoms with Gasteiger partial charge in [0.15, 0.2) is 11.0 Å². The van der Waals surface area contributed by atoms with Crippen LogP contribution in [0.25, 0.3) is 22.3 Å². The highest BCUT2D eigenvalue weighted by Gasteiger charge is 2.29. The zero-order valence-corrected chi connectivity index (χ0v) is 19.6. The van der Waals surface area contributed by atoms with Crippen molar-refractivity contribution in [2.24, 2.45) is 5.92 Å². The van der Waals surface area contributed by atoms with Crippen molar-refractivity contribution in [1.82, 2.24) is 5.32 Å². The molecule has 5 rings (SSSR count). The Kier molecular flexibility index (Phi) is 5.95. The lowest BCUT2D eigenvalue weighted by Crippen LogP contribution is -2.27. The largest absolute Gasteiger partial charge is 0.455 e. The molecule has 1 aliphatic rings. The monoisotopic (exact) mass is 466 g/mol. The molecule has 0 radical (unpaired) electrons. The average molecular weight is 467 g/mol. The number of carbonyl (C=O) groups is 2. The normalized spacial score (nSPS) is 13.9. The molecular formula is C29H26N2O4. The van der Waals surface area contributed by atoms with E-state index in [1.165, 1.54) is 0 Å². The fraction of sp³-hybridized carbons (Fsp3) is 0.207. The molecule has 4 aromatic rings. The van der Waals surface area contributed by atoms with Crippen LogP contribution >= 0.6 is 0 Å². The predicted molar refractivity (Wildman–Crippen MR) is 136 cm³/mol. The highest BCUT2D eigenvalue weighted by molar-refractivity contribution is 6.05. The van der Waals surface area contributed by atoms with Gasteiger partial charge >= 0.3 is 0 Å². The van der Waals surface area contributed by atoms with Gasteiger partial charge in [-0.25, -0.2) is 0 Å². The topological polar surface area (TPSA) is 88.4 Å². The van der Waals surface area contributed by atoms with Crippen LogP contribution in [0, 0.1) is 12.8 Å². The summed E-state index contributed by atoms with van der Waals surface area (Å²) in [4.78, 5) is 38.3. The van der Waals surface area contributed by atoms with E-state index in [0.29, 0.717) is 22.3 Å². The molecule has 1 aliphatic carbocycles. The van der Waals surface area contributed by atoms with Gasteiger partial charge in [0.1, 0.15) is 5.76 Å². The van der Waals surface area contributed by atoms with Crippen LogP contribution in [0.15, 0.2) is 82.0 Å². The molecule has 2 amide bonds. The molecule has 35 heavy (non-hydrogen) atoms. The molecule has 6 nitrogen and oxygen atoms in total. The quantitative estimate of drug-likeness (QED) is 0.387. The van der Waals surface area contributed by atoms with Gasteiger partial charge in [-0.2, -0.15) is 0 Å². The third-order valence-corrected chi connectivity index (χ3v) is 6.40. The van der Waals surface area contributed by atoms with E-state index in [2.05, 4.69) is 10.6 Å². The minimum atomic E-state index is -0.333. The first-order valence-electron chi connectivity index (χ1n) is 11.8. The van der Waals surface area contributed by atoms with E-state index in [1.54, 1.807) is 25.1 Å². The van der Waals surface area contributed by atoms with E-state index in [4.69, 9.17) is 4.42 Å². The van der Waals surface area contributed by atoms with Gasteiger partial charge in [-0.3, -0.25) is 14.4 Å². The first-order valence-corrected chi connectivity index (χ1v) is 11.8. The van der Waals surface area contributed by atoms with Crippen LogP contribution in [-0.4, -0.2) is 11.8 Å². The molecule has 0 aliphatic heterocycles. The number of fused-ring (bicyclic) bond motifs is 1. The number of nitrogens with one attached hydrogen (secondary N) is 2. The van der Waals surface area contributed by atoms with E-state index in [-0.39, 0.29) is 34.8 Å². The molecule has 0 bridgehead atoms. The maximum Gasteiger partial charge on any atom is 0.255 e. The van der Waals surface area contributed by atoms with Gasteiger partial charge in [-0.05, 0) is 56.5 Å². The van der Waals surface area contributed by atoms with Crippen molar-refractivity contribution in [1.29, 1.82) is 0 Å². The first kappa shape index (κ1) is 22.6. The molecular weight excluding hydrogens is 440 g/mol. The standard InChI is InChI=1S/C29H26N2O4/c1-17-25(32)23-9-6-10-24(27(23)35-26(17)20-7-4-3-5-8-20)29(34)30-18(2)19-13-15-22(16-14-19)31-28(33)21-11-12-21/h3-10,13-16,18,21H,11-12H2,1-2H3,(H,30,34)(H,31,33). The van der Waals surface area contributed by atoms with Gasteiger partial charge in [0.25, 0.3) is 5.91 Å². The summed E-state index contributed by atoms with van der Waals surface area (Å²) in [5.74, 6) is 0.321. The molecule has 0 saturated heterocycles. The molecule has 1 atom stereocenters. The van der Waals surface area contributed by atoms with E-state index in [1.807, 2.05) is 61.5 Å². The highest BCUT2D eigenvalue weighted by Crippen LogP contribution is 2.30. The molecule has 0 spiro atoms. The van der Waals surface area contributed by atoms with Crippen molar-refractivity contribution in [3.8, 4) is 11.3 Å². The lowest BCUT2D eigenvalue weighted by molar-refractivity contribution is -0.117. The van der Waals surface area contributed by atoms with E-state index in [0.717, 1.165) is 29.7 Å². The van der Waals surface area contributed by atoms with Crippen molar-refractivity contribution in [2.45, 2.75) is 32.7 Å². The summed E-state index contributed by atoms with van der Waals surface area (Å²) >= 11 is 0. The van der Waals surface area contributed by atoms with Crippen LogP contribution in [0.2, 0.25) is 0 Å². The van der Waals surface area contributed by atoms with Crippen molar-refractivity contribution in [3.63, 3.8) is 0 Å². The fourth-order valence-corrected chi connectivity index (χ4v) is 4.16. The third-order valence-electron chi connectivity index (χ3n) is 6.40. The molecule has 176 valence electrons. The fourth-order valence-electron chi connectivity index (χ4n) is 4.16. The van der Waals surface area contributed by atoms with Crippen molar-refractivity contribution in [2.75, 3.05) is 5.32 Å². The average Bonchev–Trinajstić information content (AvgIpc) is 3.72. The smallest absolute Gasteiger partial charge is 0.255 e. The zero-order chi connectivity index (χ0) is 24.5. The Balaban J connectivity index is 1.41. The number of anilines is 1. The number of amides is 2. The second-order valence-electron chi connectivity index (χ2n) is 9.01. The van der Waals surface area contributed by atoms with Gasteiger partial charge in [-0.15, -0.1) is 0 Å². The van der Waals surface area contributed by atoms with Crippen LogP contribution in [0.3, 0.4) is 0 Å². The van der Waals surface area contributed by atoms with Crippen LogP contribution < -0.4 is 16.1 Å². The van der Waals surface area contributed by atoms with Gasteiger partial charge in [0.2, 0.25) is 5.91 Å². The van der Waals surface area contributed by atoms with Gasteiger partial charge < -0.3 is 15.1 Å². The maximum atomic E-state index is 13.3. The summed E-state index contributed by atoms with van der Waals surface area (Å²) < 4.78 is 6.18. The van der Waals surface area contributed by atoms with Crippen LogP contribution in [0.4, 0.5) is 5.69 Å². The van der Waals surface area contributed by atoms with E-state index >= 15 is 0 Å². The Labute approximate surface area is 203 Å². The summed E-state index contributed by atoms with van der Waals surface area (Å²) in [6.45, 7) is 3.62. The van der Waals surface area contributed by atoms with E-state index in [9.17, 15) is 14.4 Å². The third kappa shape index (κ3) is 4.60. The van der Waals surface area contributed by atoms with Gasteiger partial charge in [-0.1, -0.05) is 48.5 Å². The van der Waals surface area contributed by atoms with E-state index < -0.39 is 0 Å². The number of carbonyl (C=O) groups excluding carboxylic acids is 2. The minimum Gasteiger partial charge on any atom is -0.455 e. The lowest BCUT2D eigenvalue weighted by atomic mass is 10.0. The number of hydrogen-bond donors (Lipinski definition) is 2. The van der Waals surface area contributed by atoms with Crippen molar-refractivity contribution >= 4 is 28.5 Å². The van der Waals surface area contributed by atoms with Crippen molar-refractivity contribution in [3.05, 3.63) is 99.7 Å². The molecule has 1 aromatic heterocycles. The molecule has 1 heterocycles. The first-order chi connectivity index (χ1) is 16.9. The summed E-state index contributed by atoms with van der Waals surface area (Å²) in [5.41, 5.74) is 3.33. The Bertz CT molecular complexity index is 1470. The molecule has 2 N–H and O–H groups in total. The highest BCUT2D eigenvalue weighted by atomic mass is 16.3. The van der Waals surface area contributed by atoms with Gasteiger partial charge in [0.05, 0.1) is 17.0 Å². The molecule has 1 unspecified atom stereocenters. The number of hydrogen-bond acceptors (Lipinski definition) is 4. The Morgan fingerprint density at radius 2 is 1.66 bits per heavy atom. The van der Waals surface area contributed by atoms with Crippen LogP contribution in [-0.2, 0) is 4.79 Å². The van der Waals surface area contributed by atoms with Crippen LogP contribution in [0.5, 0.6) is 0 Å². The summed E-state index contributed by atoms with van der Waals surface area (Å²) in [6.07, 6.45) is 1.90. The predicted octanol–water partition coefficient (Wildman–Crippen LogP) is 5.61. The maximum absolute atomic E-state index is 13.3.